The summed E-state index contributed by atoms with van der Waals surface area (Å²) in [6, 6.07) is 11.6. The lowest BCUT2D eigenvalue weighted by molar-refractivity contribution is -0.169. The van der Waals surface area contributed by atoms with Crippen molar-refractivity contribution in [2.45, 2.75) is 62.8 Å². The Bertz CT molecular complexity index is 438. The van der Waals surface area contributed by atoms with Gasteiger partial charge in [0, 0.05) is 6.04 Å². The van der Waals surface area contributed by atoms with Crippen LogP contribution in [0.4, 0.5) is 0 Å². The van der Waals surface area contributed by atoms with Gasteiger partial charge < -0.3 is 5.73 Å². The van der Waals surface area contributed by atoms with Gasteiger partial charge in [0.15, 0.2) is 0 Å². The standard InChI is InChI=1S/C18H25N/c19-16(14-7-3-1-4-8-14)18-11-17(12-18,13-18)15-9-5-2-6-10-15/h2,5-6,9-10,14,16H,1,3-4,7-8,11-13,19H2. The van der Waals surface area contributed by atoms with Gasteiger partial charge in [-0.25, -0.2) is 0 Å². The third-order valence-corrected chi connectivity index (χ3v) is 6.32. The van der Waals surface area contributed by atoms with E-state index in [0.717, 1.165) is 5.92 Å². The van der Waals surface area contributed by atoms with E-state index in [2.05, 4.69) is 30.3 Å². The highest BCUT2D eigenvalue weighted by atomic mass is 14.8. The molecule has 0 spiro atoms. The lowest BCUT2D eigenvalue weighted by Crippen LogP contribution is -2.72. The molecule has 4 saturated carbocycles. The Hall–Kier alpha value is -0.820. The Morgan fingerprint density at radius 3 is 2.21 bits per heavy atom. The van der Waals surface area contributed by atoms with Gasteiger partial charge in [-0.2, -0.15) is 0 Å². The predicted molar refractivity (Wildman–Crippen MR) is 79.0 cm³/mol. The molecule has 4 aliphatic carbocycles. The van der Waals surface area contributed by atoms with Crippen LogP contribution in [0.1, 0.15) is 56.9 Å². The first-order chi connectivity index (χ1) is 9.24. The van der Waals surface area contributed by atoms with Crippen LogP contribution < -0.4 is 5.73 Å². The summed E-state index contributed by atoms with van der Waals surface area (Å²) in [5.41, 5.74) is 9.27. The molecule has 1 atom stereocenters. The summed E-state index contributed by atoms with van der Waals surface area (Å²) in [4.78, 5) is 0. The Balaban J connectivity index is 1.45. The van der Waals surface area contributed by atoms with Crippen molar-refractivity contribution in [2.24, 2.45) is 17.1 Å². The Morgan fingerprint density at radius 1 is 0.947 bits per heavy atom. The topological polar surface area (TPSA) is 26.0 Å². The summed E-state index contributed by atoms with van der Waals surface area (Å²) >= 11 is 0. The molecule has 1 unspecified atom stereocenters. The Labute approximate surface area is 116 Å². The average Bonchev–Trinajstić information content (AvgIpc) is 2.38. The molecule has 2 bridgehead atoms. The van der Waals surface area contributed by atoms with Crippen molar-refractivity contribution in [2.75, 3.05) is 0 Å². The molecule has 0 heterocycles. The molecule has 0 saturated heterocycles. The van der Waals surface area contributed by atoms with E-state index >= 15 is 0 Å². The molecule has 1 aromatic carbocycles. The minimum atomic E-state index is 0.485. The van der Waals surface area contributed by atoms with Crippen molar-refractivity contribution < 1.29 is 0 Å². The zero-order valence-corrected chi connectivity index (χ0v) is 11.8. The fourth-order valence-electron chi connectivity index (χ4n) is 5.31. The van der Waals surface area contributed by atoms with Crippen LogP contribution in [0.25, 0.3) is 0 Å². The first-order valence-corrected chi connectivity index (χ1v) is 8.05. The molecule has 0 amide bonds. The van der Waals surface area contributed by atoms with E-state index in [1.54, 1.807) is 5.56 Å². The van der Waals surface area contributed by atoms with E-state index < -0.39 is 0 Å². The van der Waals surface area contributed by atoms with E-state index in [1.165, 1.54) is 51.4 Å². The number of hydrogen-bond donors (Lipinski definition) is 1. The first kappa shape index (κ1) is 12.0. The monoisotopic (exact) mass is 255 g/mol. The fourth-order valence-corrected chi connectivity index (χ4v) is 5.31. The maximum absolute atomic E-state index is 6.66. The maximum Gasteiger partial charge on any atom is 0.0125 e. The van der Waals surface area contributed by atoms with Gasteiger partial charge in [0.1, 0.15) is 0 Å². The van der Waals surface area contributed by atoms with Crippen molar-refractivity contribution >= 4 is 0 Å². The summed E-state index contributed by atoms with van der Waals surface area (Å²) in [6.45, 7) is 0. The zero-order chi connectivity index (χ0) is 12.9. The highest BCUT2D eigenvalue weighted by Crippen LogP contribution is 2.75. The quantitative estimate of drug-likeness (QED) is 0.867. The molecular formula is C18H25N. The average molecular weight is 255 g/mol. The molecule has 1 aromatic rings. The first-order valence-electron chi connectivity index (χ1n) is 8.05. The van der Waals surface area contributed by atoms with Crippen LogP contribution in [-0.4, -0.2) is 6.04 Å². The predicted octanol–water partition coefficient (Wildman–Crippen LogP) is 4.02. The summed E-state index contributed by atoms with van der Waals surface area (Å²) < 4.78 is 0. The second-order valence-corrected chi connectivity index (χ2v) is 7.46. The summed E-state index contributed by atoms with van der Waals surface area (Å²) in [5, 5.41) is 0. The van der Waals surface area contributed by atoms with Gasteiger partial charge in [-0.15, -0.1) is 0 Å². The number of benzene rings is 1. The van der Waals surface area contributed by atoms with Crippen LogP contribution in [0.5, 0.6) is 0 Å². The minimum Gasteiger partial charge on any atom is -0.327 e. The highest BCUT2D eigenvalue weighted by molar-refractivity contribution is 5.39. The van der Waals surface area contributed by atoms with Gasteiger partial charge in [-0.05, 0) is 54.4 Å². The smallest absolute Gasteiger partial charge is 0.0125 e. The van der Waals surface area contributed by atoms with Gasteiger partial charge >= 0.3 is 0 Å². The Morgan fingerprint density at radius 2 is 1.58 bits per heavy atom. The molecule has 1 nitrogen and oxygen atoms in total. The second kappa shape index (κ2) is 4.09. The third-order valence-electron chi connectivity index (χ3n) is 6.32. The summed E-state index contributed by atoms with van der Waals surface area (Å²) in [7, 11) is 0. The van der Waals surface area contributed by atoms with Crippen LogP contribution in [0, 0.1) is 11.3 Å². The fraction of sp³-hybridized carbons (Fsp3) is 0.667. The summed E-state index contributed by atoms with van der Waals surface area (Å²) in [6.07, 6.45) is 11.1. The van der Waals surface area contributed by atoms with Crippen LogP contribution in [0.15, 0.2) is 30.3 Å². The van der Waals surface area contributed by atoms with Gasteiger partial charge in [-0.3, -0.25) is 0 Å². The second-order valence-electron chi connectivity index (χ2n) is 7.46. The molecule has 102 valence electrons. The summed E-state index contributed by atoms with van der Waals surface area (Å²) in [5.74, 6) is 0.822. The molecule has 4 fully saturated rings. The van der Waals surface area contributed by atoms with Gasteiger partial charge in [0.05, 0.1) is 0 Å². The lowest BCUT2D eigenvalue weighted by atomic mass is 9.31. The van der Waals surface area contributed by atoms with Gasteiger partial charge in [0.25, 0.3) is 0 Å². The van der Waals surface area contributed by atoms with Crippen LogP contribution in [0.3, 0.4) is 0 Å². The lowest BCUT2D eigenvalue weighted by Gasteiger charge is -2.74. The molecule has 5 rings (SSSR count). The Kier molecular flexibility index (Phi) is 2.57. The van der Waals surface area contributed by atoms with Crippen LogP contribution >= 0.6 is 0 Å². The number of nitrogens with two attached hydrogens (primary N) is 1. The van der Waals surface area contributed by atoms with Crippen molar-refractivity contribution in [3.63, 3.8) is 0 Å². The molecule has 0 aromatic heterocycles. The van der Waals surface area contributed by atoms with Crippen molar-refractivity contribution in [1.82, 2.24) is 0 Å². The zero-order valence-electron chi connectivity index (χ0n) is 11.8. The van der Waals surface area contributed by atoms with E-state index in [9.17, 15) is 0 Å². The van der Waals surface area contributed by atoms with Gasteiger partial charge in [0.2, 0.25) is 0 Å². The van der Waals surface area contributed by atoms with Gasteiger partial charge in [-0.1, -0.05) is 49.6 Å². The van der Waals surface area contributed by atoms with Crippen molar-refractivity contribution in [1.29, 1.82) is 0 Å². The van der Waals surface area contributed by atoms with Crippen molar-refractivity contribution in [3.8, 4) is 0 Å². The number of hydrogen-bond acceptors (Lipinski definition) is 1. The molecule has 2 N–H and O–H groups in total. The largest absolute Gasteiger partial charge is 0.327 e. The normalized spacial score (nSPS) is 39.2. The van der Waals surface area contributed by atoms with Crippen LogP contribution in [-0.2, 0) is 5.41 Å². The SMILES string of the molecule is NC(C1CCCCC1)C12CC(c3ccccc3)(C1)C2. The third kappa shape index (κ3) is 1.64. The molecule has 1 heteroatoms. The van der Waals surface area contributed by atoms with E-state index in [1.807, 2.05) is 0 Å². The highest BCUT2D eigenvalue weighted by Gasteiger charge is 2.70. The number of rotatable bonds is 3. The molecule has 19 heavy (non-hydrogen) atoms. The van der Waals surface area contributed by atoms with Crippen molar-refractivity contribution in [3.05, 3.63) is 35.9 Å². The molecular weight excluding hydrogens is 230 g/mol. The molecule has 0 radical (unpaired) electrons. The minimum absolute atomic E-state index is 0.485. The molecule has 0 aliphatic heterocycles. The van der Waals surface area contributed by atoms with E-state index in [0.29, 0.717) is 16.9 Å². The van der Waals surface area contributed by atoms with Crippen LogP contribution in [0.2, 0.25) is 0 Å². The maximum atomic E-state index is 6.66. The van der Waals surface area contributed by atoms with E-state index in [-0.39, 0.29) is 0 Å². The van der Waals surface area contributed by atoms with E-state index in [4.69, 9.17) is 5.73 Å². The molecule has 4 aliphatic rings.